The van der Waals surface area contributed by atoms with Gasteiger partial charge in [-0.15, -0.1) is 17.5 Å². The Labute approximate surface area is 133 Å². The third-order valence-corrected chi connectivity index (χ3v) is 4.09. The smallest absolute Gasteiger partial charge is 0.165 e. The fourth-order valence-electron chi connectivity index (χ4n) is 2.53. The number of benzene rings is 1. The van der Waals surface area contributed by atoms with Gasteiger partial charge in [0.25, 0.3) is 0 Å². The van der Waals surface area contributed by atoms with E-state index >= 15 is 0 Å². The Hall–Kier alpha value is -1.51. The van der Waals surface area contributed by atoms with Crippen LogP contribution in [0.25, 0.3) is 0 Å². The average molecular weight is 330 g/mol. The van der Waals surface area contributed by atoms with Gasteiger partial charge in [-0.25, -0.2) is 4.68 Å². The van der Waals surface area contributed by atoms with E-state index in [1.807, 2.05) is 0 Å². The SMILES string of the molecule is Cl.Cn1nnnc1C(S)C1NCCc2cc(O)c(O)cc21. The predicted molar refractivity (Wildman–Crippen MR) is 82.0 cm³/mol. The van der Waals surface area contributed by atoms with Crippen LogP contribution in [0.1, 0.15) is 28.2 Å². The maximum atomic E-state index is 9.71. The zero-order valence-corrected chi connectivity index (χ0v) is 13.0. The average Bonchev–Trinajstić information content (AvgIpc) is 2.85. The molecule has 0 spiro atoms. The van der Waals surface area contributed by atoms with E-state index in [0.29, 0.717) is 5.82 Å². The molecule has 21 heavy (non-hydrogen) atoms. The second-order valence-corrected chi connectivity index (χ2v) is 5.38. The number of halogens is 1. The van der Waals surface area contributed by atoms with Crippen LogP contribution >= 0.6 is 25.0 Å². The lowest BCUT2D eigenvalue weighted by Gasteiger charge is -2.30. The Bertz CT molecular complexity index is 651. The first-order chi connectivity index (χ1) is 9.58. The summed E-state index contributed by atoms with van der Waals surface area (Å²) < 4.78 is 1.58. The highest BCUT2D eigenvalue weighted by molar-refractivity contribution is 7.80. The van der Waals surface area contributed by atoms with Crippen molar-refractivity contribution in [3.05, 3.63) is 29.1 Å². The molecule has 0 radical (unpaired) electrons. The standard InChI is InChI=1S/C12H15N5O2S.ClH/c1-17-12(14-15-16-17)11(20)10-7-5-9(19)8(18)4-6(7)2-3-13-10;/h4-5,10-11,13,18-20H,2-3H2,1H3;1H. The molecule has 2 heterocycles. The van der Waals surface area contributed by atoms with Gasteiger partial charge < -0.3 is 15.5 Å². The van der Waals surface area contributed by atoms with Crippen molar-refractivity contribution in [2.75, 3.05) is 6.54 Å². The van der Waals surface area contributed by atoms with E-state index in [4.69, 9.17) is 0 Å². The molecule has 3 rings (SSSR count). The number of thiol groups is 1. The molecule has 1 aliphatic heterocycles. The Balaban J connectivity index is 0.00000161. The zero-order valence-electron chi connectivity index (χ0n) is 11.3. The number of nitrogens with one attached hydrogen (secondary N) is 1. The number of hydrogen-bond donors (Lipinski definition) is 4. The molecule has 0 fully saturated rings. The largest absolute Gasteiger partial charge is 0.504 e. The van der Waals surface area contributed by atoms with Crippen LogP contribution in [0, 0.1) is 0 Å². The van der Waals surface area contributed by atoms with E-state index < -0.39 is 0 Å². The van der Waals surface area contributed by atoms with Crippen molar-refractivity contribution in [2.24, 2.45) is 7.05 Å². The maximum absolute atomic E-state index is 9.71. The van der Waals surface area contributed by atoms with Gasteiger partial charge >= 0.3 is 0 Å². The summed E-state index contributed by atoms with van der Waals surface area (Å²) in [5, 5.41) is 33.8. The van der Waals surface area contributed by atoms with Crippen LogP contribution in [-0.2, 0) is 13.5 Å². The van der Waals surface area contributed by atoms with Crippen LogP contribution in [0.5, 0.6) is 11.5 Å². The van der Waals surface area contributed by atoms with Crippen LogP contribution in [0.3, 0.4) is 0 Å². The van der Waals surface area contributed by atoms with Crippen molar-refractivity contribution in [1.82, 2.24) is 25.5 Å². The van der Waals surface area contributed by atoms with E-state index in [-0.39, 0.29) is 35.2 Å². The fourth-order valence-corrected chi connectivity index (χ4v) is 3.02. The first-order valence-corrected chi connectivity index (χ1v) is 6.78. The lowest BCUT2D eigenvalue weighted by Crippen LogP contribution is -2.33. The van der Waals surface area contributed by atoms with Gasteiger partial charge in [0.2, 0.25) is 0 Å². The lowest BCUT2D eigenvalue weighted by molar-refractivity contribution is 0.397. The molecule has 7 nitrogen and oxygen atoms in total. The van der Waals surface area contributed by atoms with E-state index in [1.165, 1.54) is 0 Å². The minimum atomic E-state index is -0.252. The van der Waals surface area contributed by atoms with E-state index in [9.17, 15) is 10.2 Å². The van der Waals surface area contributed by atoms with Crippen molar-refractivity contribution in [1.29, 1.82) is 0 Å². The van der Waals surface area contributed by atoms with Crippen LogP contribution in [0.2, 0.25) is 0 Å². The van der Waals surface area contributed by atoms with Crippen molar-refractivity contribution >= 4 is 25.0 Å². The second-order valence-electron chi connectivity index (χ2n) is 4.83. The second kappa shape index (κ2) is 6.08. The van der Waals surface area contributed by atoms with Gasteiger partial charge in [0.05, 0.1) is 11.3 Å². The number of fused-ring (bicyclic) bond motifs is 1. The van der Waals surface area contributed by atoms with Crippen LogP contribution in [0.4, 0.5) is 0 Å². The highest BCUT2D eigenvalue weighted by Gasteiger charge is 2.30. The highest BCUT2D eigenvalue weighted by atomic mass is 35.5. The highest BCUT2D eigenvalue weighted by Crippen LogP contribution is 2.40. The molecule has 114 valence electrons. The van der Waals surface area contributed by atoms with Crippen LogP contribution in [0.15, 0.2) is 12.1 Å². The van der Waals surface area contributed by atoms with Crippen LogP contribution in [-0.4, -0.2) is 37.0 Å². The third-order valence-electron chi connectivity index (χ3n) is 3.56. The predicted octanol–water partition coefficient (Wildman–Crippen LogP) is 0.901. The Kier molecular flexibility index (Phi) is 4.60. The minimum absolute atomic E-state index is 0. The monoisotopic (exact) mass is 329 g/mol. The number of tetrazole rings is 1. The molecule has 0 aliphatic carbocycles. The molecule has 0 saturated heterocycles. The summed E-state index contributed by atoms with van der Waals surface area (Å²) in [6, 6.07) is 3.06. The first kappa shape index (κ1) is 15.9. The first-order valence-electron chi connectivity index (χ1n) is 6.26. The molecule has 1 aliphatic rings. The van der Waals surface area contributed by atoms with Gasteiger partial charge in [-0.1, -0.05) is 0 Å². The van der Waals surface area contributed by atoms with Crippen molar-refractivity contribution < 1.29 is 10.2 Å². The van der Waals surface area contributed by atoms with Gasteiger partial charge in [0.1, 0.15) is 0 Å². The summed E-state index contributed by atoms with van der Waals surface area (Å²) in [6.45, 7) is 0.768. The molecule has 3 N–H and O–H groups in total. The van der Waals surface area contributed by atoms with Crippen LogP contribution < -0.4 is 5.32 Å². The van der Waals surface area contributed by atoms with E-state index in [0.717, 1.165) is 24.1 Å². The number of rotatable bonds is 2. The molecule has 2 atom stereocenters. The molecule has 2 unspecified atom stereocenters. The van der Waals surface area contributed by atoms with Crippen molar-refractivity contribution in [3.8, 4) is 11.5 Å². The summed E-state index contributed by atoms with van der Waals surface area (Å²) in [7, 11) is 1.76. The molecular weight excluding hydrogens is 314 g/mol. The minimum Gasteiger partial charge on any atom is -0.504 e. The fraction of sp³-hybridized carbons (Fsp3) is 0.417. The summed E-state index contributed by atoms with van der Waals surface area (Å²) in [5.74, 6) is 0.417. The van der Waals surface area contributed by atoms with Crippen molar-refractivity contribution in [2.45, 2.75) is 17.7 Å². The summed E-state index contributed by atoms with van der Waals surface area (Å²) in [4.78, 5) is 0. The van der Waals surface area contributed by atoms with Gasteiger partial charge in [0, 0.05) is 7.05 Å². The summed E-state index contributed by atoms with van der Waals surface area (Å²) in [5.41, 5.74) is 1.91. The Morgan fingerprint density at radius 3 is 2.76 bits per heavy atom. The zero-order chi connectivity index (χ0) is 14.3. The molecule has 0 bridgehead atoms. The topological polar surface area (TPSA) is 96.1 Å². The third kappa shape index (κ3) is 2.78. The summed E-state index contributed by atoms with van der Waals surface area (Å²) in [6.07, 6.45) is 0.789. The Morgan fingerprint density at radius 1 is 1.38 bits per heavy atom. The maximum Gasteiger partial charge on any atom is 0.165 e. The van der Waals surface area contributed by atoms with Crippen molar-refractivity contribution in [3.63, 3.8) is 0 Å². The number of phenols is 2. The van der Waals surface area contributed by atoms with E-state index in [2.05, 4.69) is 33.5 Å². The number of phenolic OH excluding ortho intramolecular Hbond substituents is 2. The van der Waals surface area contributed by atoms with Gasteiger partial charge in [-0.3, -0.25) is 0 Å². The number of hydrogen-bond acceptors (Lipinski definition) is 7. The molecule has 1 aromatic carbocycles. The molecular formula is C12H16ClN5O2S. The molecule has 1 aromatic heterocycles. The van der Waals surface area contributed by atoms with E-state index in [1.54, 1.807) is 23.9 Å². The van der Waals surface area contributed by atoms with Gasteiger partial charge in [-0.05, 0) is 46.7 Å². The number of nitrogens with zero attached hydrogens (tertiary/aromatic N) is 4. The molecule has 9 heteroatoms. The summed E-state index contributed by atoms with van der Waals surface area (Å²) >= 11 is 4.61. The Morgan fingerprint density at radius 2 is 2.10 bits per heavy atom. The van der Waals surface area contributed by atoms with Gasteiger partial charge in [0.15, 0.2) is 17.3 Å². The normalized spacial score (nSPS) is 18.7. The molecule has 0 saturated carbocycles. The number of aromatic nitrogens is 4. The quantitative estimate of drug-likeness (QED) is 0.483. The lowest BCUT2D eigenvalue weighted by atomic mass is 9.91. The van der Waals surface area contributed by atoms with Gasteiger partial charge in [-0.2, -0.15) is 12.6 Å². The number of aromatic hydroxyl groups is 2. The number of aryl methyl sites for hydroxylation is 1. The molecule has 2 aromatic rings. The molecule has 0 amide bonds.